The number of benzene rings is 1. The van der Waals surface area contributed by atoms with E-state index in [1.165, 1.54) is 24.4 Å². The molecule has 0 saturated heterocycles. The number of hydrogen-bond acceptors (Lipinski definition) is 7. The Bertz CT molecular complexity index is 1390. The second-order valence-electron chi connectivity index (χ2n) is 7.21. The molecule has 5 rings (SSSR count). The van der Waals surface area contributed by atoms with Crippen LogP contribution in [0, 0.1) is 5.82 Å². The Balaban J connectivity index is 0.000000196. The van der Waals surface area contributed by atoms with Crippen LogP contribution in [0.3, 0.4) is 0 Å². The van der Waals surface area contributed by atoms with Crippen LogP contribution in [0.2, 0.25) is 0 Å². The summed E-state index contributed by atoms with van der Waals surface area (Å²) >= 11 is 0. The molecule has 4 heterocycles. The van der Waals surface area contributed by atoms with Crippen LogP contribution in [-0.4, -0.2) is 31.5 Å². The van der Waals surface area contributed by atoms with Gasteiger partial charge >= 0.3 is 0 Å². The van der Waals surface area contributed by atoms with Crippen LogP contribution >= 0.6 is 0 Å². The van der Waals surface area contributed by atoms with E-state index < -0.39 is 5.82 Å². The summed E-state index contributed by atoms with van der Waals surface area (Å²) in [6.07, 6.45) is 2.94. The lowest BCUT2D eigenvalue weighted by Gasteiger charge is -2.06. The maximum absolute atomic E-state index is 13.6. The third kappa shape index (κ3) is 5.24. The van der Waals surface area contributed by atoms with E-state index >= 15 is 0 Å². The number of hydrogen-bond donors (Lipinski definition) is 4. The number of aromatic nitrogens is 5. The summed E-state index contributed by atoms with van der Waals surface area (Å²) in [6.45, 7) is 2.60. The smallest absolute Gasteiger partial charge is 0.253 e. The molecule has 1 aromatic carbocycles. The van der Waals surface area contributed by atoms with Gasteiger partial charge in [-0.05, 0) is 24.3 Å². The van der Waals surface area contributed by atoms with Gasteiger partial charge in [0.05, 0.1) is 23.3 Å². The number of nitrogens with one attached hydrogen (secondary N) is 3. The van der Waals surface area contributed by atoms with E-state index in [0.29, 0.717) is 35.8 Å². The molecule has 170 valence electrons. The predicted molar refractivity (Wildman–Crippen MR) is 124 cm³/mol. The van der Waals surface area contributed by atoms with Gasteiger partial charge in [0.25, 0.3) is 5.56 Å². The topological polar surface area (TPSA) is 139 Å². The van der Waals surface area contributed by atoms with Crippen molar-refractivity contribution in [2.45, 2.75) is 26.3 Å². The fourth-order valence-electron chi connectivity index (χ4n) is 3.24. The minimum absolute atomic E-state index is 0.112. The second-order valence-corrected chi connectivity index (χ2v) is 7.21. The van der Waals surface area contributed by atoms with E-state index in [1.807, 2.05) is 24.3 Å². The number of H-pyrrole nitrogens is 2. The molecule has 0 fully saturated rings. The number of halogens is 1. The Morgan fingerprint density at radius 3 is 2.76 bits per heavy atom. The fourth-order valence-corrected chi connectivity index (χ4v) is 3.24. The van der Waals surface area contributed by atoms with Gasteiger partial charge in [0.15, 0.2) is 11.5 Å². The summed E-state index contributed by atoms with van der Waals surface area (Å²) in [5.74, 6) is 1.45. The van der Waals surface area contributed by atoms with Crippen molar-refractivity contribution in [3.8, 4) is 0 Å². The van der Waals surface area contributed by atoms with Crippen molar-refractivity contribution in [1.82, 2.24) is 24.9 Å². The van der Waals surface area contributed by atoms with Crippen molar-refractivity contribution in [3.63, 3.8) is 0 Å². The van der Waals surface area contributed by atoms with Gasteiger partial charge < -0.3 is 25.4 Å². The summed E-state index contributed by atoms with van der Waals surface area (Å²) in [5.41, 5.74) is 8.39. The highest BCUT2D eigenvalue weighted by Gasteiger charge is 2.12. The fraction of sp³-hybridized carbons (Fsp3) is 0.217. The van der Waals surface area contributed by atoms with Crippen LogP contribution < -0.4 is 16.6 Å². The molecule has 5 N–H and O–H groups in total. The number of oxazole rings is 1. The number of pyridine rings is 2. The molecule has 5 aromatic rings. The molecule has 0 atom stereocenters. The maximum atomic E-state index is 13.6. The summed E-state index contributed by atoms with van der Waals surface area (Å²) in [7, 11) is 0. The first-order valence-corrected chi connectivity index (χ1v) is 10.6. The van der Waals surface area contributed by atoms with Gasteiger partial charge in [-0.2, -0.15) is 0 Å². The molecule has 0 radical (unpaired) electrons. The molecule has 0 bridgehead atoms. The summed E-state index contributed by atoms with van der Waals surface area (Å²) in [6, 6.07) is 12.2. The number of nitrogens with two attached hydrogens (primary N) is 1. The Morgan fingerprint density at radius 1 is 1.15 bits per heavy atom. The van der Waals surface area contributed by atoms with E-state index in [-0.39, 0.29) is 17.8 Å². The van der Waals surface area contributed by atoms with Gasteiger partial charge in [0.2, 0.25) is 0 Å². The Kier molecular flexibility index (Phi) is 6.75. The van der Waals surface area contributed by atoms with Crippen molar-refractivity contribution in [3.05, 3.63) is 82.2 Å². The van der Waals surface area contributed by atoms with Crippen molar-refractivity contribution in [1.29, 1.82) is 0 Å². The first-order chi connectivity index (χ1) is 16.1. The van der Waals surface area contributed by atoms with Crippen molar-refractivity contribution in [2.24, 2.45) is 5.73 Å². The molecule has 0 spiro atoms. The van der Waals surface area contributed by atoms with Crippen LogP contribution in [0.4, 0.5) is 10.2 Å². The quantitative estimate of drug-likeness (QED) is 0.312. The van der Waals surface area contributed by atoms with Crippen LogP contribution in [0.15, 0.2) is 57.9 Å². The van der Waals surface area contributed by atoms with E-state index in [0.717, 1.165) is 23.3 Å². The van der Waals surface area contributed by atoms with Crippen LogP contribution in [-0.2, 0) is 19.4 Å². The monoisotopic (exact) mass is 449 g/mol. The zero-order valence-electron chi connectivity index (χ0n) is 18.1. The Hall–Kier alpha value is -4.05. The van der Waals surface area contributed by atoms with Gasteiger partial charge in [0, 0.05) is 31.6 Å². The number of fused-ring (bicyclic) bond motifs is 2. The summed E-state index contributed by atoms with van der Waals surface area (Å²) in [5, 5.41) is 2.93. The Morgan fingerprint density at radius 2 is 2.00 bits per heavy atom. The van der Waals surface area contributed by atoms with Crippen LogP contribution in [0.1, 0.15) is 24.3 Å². The average Bonchev–Trinajstić information content (AvgIpc) is 3.42. The number of rotatable bonds is 6. The average molecular weight is 449 g/mol. The molecule has 0 aliphatic carbocycles. The number of para-hydroxylation sites is 2. The number of imidazole rings is 1. The second kappa shape index (κ2) is 10.0. The van der Waals surface area contributed by atoms with Gasteiger partial charge in [0.1, 0.15) is 23.0 Å². The molecule has 0 aliphatic heterocycles. The highest BCUT2D eigenvalue weighted by Crippen LogP contribution is 2.20. The molecule has 4 aromatic heterocycles. The minimum atomic E-state index is -0.423. The number of nitrogens with zero attached hydrogens (tertiary/aromatic N) is 3. The van der Waals surface area contributed by atoms with Gasteiger partial charge in [-0.1, -0.05) is 19.1 Å². The number of aromatic amines is 2. The van der Waals surface area contributed by atoms with Gasteiger partial charge in [-0.25, -0.2) is 14.4 Å². The largest absolute Gasteiger partial charge is 0.440 e. The third-order valence-corrected chi connectivity index (χ3v) is 4.84. The standard InChI is InChI=1S/C14H14FN5O2.C9H10N2/c15-8-2-1-5-17-9(8)7-18-14-13-10(6-11(21)19-14)22-12(20-13)3-4-16;1-2-9-10-7-5-3-4-6-8(7)11-9/h1-2,5-6H,3-4,7,16H2,(H2,18,19,21);3-6H,2H2,1H3,(H,10,11). The van der Waals surface area contributed by atoms with Crippen molar-refractivity contribution in [2.75, 3.05) is 11.9 Å². The highest BCUT2D eigenvalue weighted by molar-refractivity contribution is 5.83. The number of aryl methyl sites for hydroxylation is 1. The SMILES string of the molecule is CCc1nc2ccccc2[nH]1.NCCc1nc2c(NCc3ncccc3F)[nH]c(=O)cc2o1. The Labute approximate surface area is 188 Å². The molecular formula is C23H24FN7O2. The maximum Gasteiger partial charge on any atom is 0.253 e. The van der Waals surface area contributed by atoms with E-state index in [2.05, 4.69) is 37.2 Å². The zero-order valence-corrected chi connectivity index (χ0v) is 18.1. The normalized spacial score (nSPS) is 10.9. The molecule has 0 aliphatic rings. The first-order valence-electron chi connectivity index (χ1n) is 10.6. The molecule has 10 heteroatoms. The van der Waals surface area contributed by atoms with Crippen LogP contribution in [0.5, 0.6) is 0 Å². The zero-order chi connectivity index (χ0) is 23.2. The molecule has 33 heavy (non-hydrogen) atoms. The van der Waals surface area contributed by atoms with E-state index in [4.69, 9.17) is 10.2 Å². The van der Waals surface area contributed by atoms with E-state index in [1.54, 1.807) is 0 Å². The third-order valence-electron chi connectivity index (χ3n) is 4.84. The minimum Gasteiger partial charge on any atom is -0.440 e. The van der Waals surface area contributed by atoms with Crippen molar-refractivity contribution >= 4 is 28.0 Å². The van der Waals surface area contributed by atoms with Crippen molar-refractivity contribution < 1.29 is 8.81 Å². The van der Waals surface area contributed by atoms with Gasteiger partial charge in [-0.15, -0.1) is 0 Å². The lowest BCUT2D eigenvalue weighted by atomic mass is 10.3. The lowest BCUT2D eigenvalue weighted by Crippen LogP contribution is -2.11. The number of anilines is 1. The summed E-state index contributed by atoms with van der Waals surface area (Å²) < 4.78 is 19.0. The molecule has 0 saturated carbocycles. The molecule has 0 unspecified atom stereocenters. The molecule has 9 nitrogen and oxygen atoms in total. The van der Waals surface area contributed by atoms with E-state index in [9.17, 15) is 9.18 Å². The lowest BCUT2D eigenvalue weighted by molar-refractivity contribution is 0.531. The predicted octanol–water partition coefficient (Wildman–Crippen LogP) is 3.29. The molecular weight excluding hydrogens is 425 g/mol. The first kappa shape index (κ1) is 22.2. The highest BCUT2D eigenvalue weighted by atomic mass is 19.1. The van der Waals surface area contributed by atoms with Crippen LogP contribution in [0.25, 0.3) is 22.1 Å². The molecule has 0 amide bonds. The van der Waals surface area contributed by atoms with Gasteiger partial charge in [-0.3, -0.25) is 9.78 Å². The summed E-state index contributed by atoms with van der Waals surface area (Å²) in [4.78, 5) is 30.1.